The number of aromatic carboxylic acids is 1. The minimum Gasteiger partial charge on any atom is -0.478 e. The van der Waals surface area contributed by atoms with Gasteiger partial charge in [0.2, 0.25) is 0 Å². The van der Waals surface area contributed by atoms with E-state index in [1.54, 1.807) is 66.2 Å². The summed E-state index contributed by atoms with van der Waals surface area (Å²) < 4.78 is 0. The third-order valence-corrected chi connectivity index (χ3v) is 13.2. The molecule has 1 heterocycles. The maximum Gasteiger partial charge on any atom is 0.335 e. The quantitative estimate of drug-likeness (QED) is 0.209. The fraction of sp³-hybridized carbons (Fsp3) is 0.167. The van der Waals surface area contributed by atoms with Crippen molar-refractivity contribution in [1.82, 2.24) is 4.90 Å². The van der Waals surface area contributed by atoms with E-state index in [9.17, 15) is 9.90 Å². The molecule has 0 radical (unpaired) electrons. The van der Waals surface area contributed by atoms with Crippen molar-refractivity contribution < 1.29 is 9.90 Å². The third kappa shape index (κ3) is 1.94. The summed E-state index contributed by atoms with van der Waals surface area (Å²) in [5, 5.41) is 34.0. The first-order valence-electron chi connectivity index (χ1n) is 16.3. The topological polar surface area (TPSA) is 40.5 Å². The first kappa shape index (κ1) is 21.7. The van der Waals surface area contributed by atoms with Gasteiger partial charge in [0, 0.05) is 24.4 Å². The molecule has 3 unspecified atom stereocenters. The zero-order valence-electron chi connectivity index (χ0n) is 24.4. The molecular weight excluding hydrogens is 550 g/mol. The molecule has 4 aliphatic rings. The molecule has 0 bridgehead atoms. The van der Waals surface area contributed by atoms with Crippen molar-refractivity contribution in [2.75, 3.05) is 13.6 Å². The molecule has 0 spiro atoms. The van der Waals surface area contributed by atoms with E-state index in [4.69, 9.17) is 0 Å². The number of hydrogen-bond donors (Lipinski definition) is 1. The van der Waals surface area contributed by atoms with Crippen LogP contribution in [0.1, 0.15) is 67.2 Å². The highest BCUT2D eigenvalue weighted by molar-refractivity contribution is 6.58. The van der Waals surface area contributed by atoms with Crippen LogP contribution in [-0.2, 0) is 12.8 Å². The Morgan fingerprint density at radius 2 is 1.09 bits per heavy atom. The summed E-state index contributed by atoms with van der Waals surface area (Å²) in [6, 6.07) is 23.0. The maximum atomic E-state index is 11.7. The first-order chi connectivity index (χ1) is 22.1. The predicted molar refractivity (Wildman–Crippen MR) is 182 cm³/mol. The van der Waals surface area contributed by atoms with Crippen LogP contribution in [0, 0.1) is 0 Å². The van der Waals surface area contributed by atoms with Gasteiger partial charge in [-0.2, -0.15) is 0 Å². The second-order valence-corrected chi connectivity index (χ2v) is 14.9. The summed E-state index contributed by atoms with van der Waals surface area (Å²) in [6.45, 7) is 1.01. The molecule has 0 aromatic heterocycles. The Labute approximate surface area is 255 Å². The number of benzene rings is 8. The summed E-state index contributed by atoms with van der Waals surface area (Å²) in [6.07, 6.45) is 2.03. The average molecular weight is 574 g/mol. The van der Waals surface area contributed by atoms with Gasteiger partial charge >= 0.3 is 5.97 Å². The monoisotopic (exact) mass is 573 g/mol. The van der Waals surface area contributed by atoms with Crippen LogP contribution in [0.2, 0.25) is 0 Å². The number of hydrogen-bond acceptors (Lipinski definition) is 2. The molecule has 10 aromatic carbocycles. The molecule has 3 heteroatoms. The molecule has 10 aromatic rings. The molecule has 1 saturated heterocycles. The lowest BCUT2D eigenvalue weighted by Crippen LogP contribution is -2.21. The van der Waals surface area contributed by atoms with E-state index in [2.05, 4.69) is 60.5 Å². The molecule has 14 rings (SSSR count). The molecule has 1 fully saturated rings. The Bertz CT molecular complexity index is 3020. The lowest BCUT2D eigenvalue weighted by molar-refractivity contribution is 0.0697. The fourth-order valence-electron chi connectivity index (χ4n) is 12.0. The minimum absolute atomic E-state index is 0.199. The highest BCUT2D eigenvalue weighted by Crippen LogP contribution is 2.66. The minimum atomic E-state index is -0.865. The Morgan fingerprint density at radius 3 is 1.67 bits per heavy atom. The second-order valence-electron chi connectivity index (χ2n) is 14.9. The van der Waals surface area contributed by atoms with Crippen LogP contribution in [0.5, 0.6) is 0 Å². The van der Waals surface area contributed by atoms with E-state index in [1.165, 1.54) is 71.1 Å². The average Bonchev–Trinajstić information content (AvgIpc) is 3.83. The molecule has 1 N–H and O–H groups in total. The number of carboxylic acid groups (broad SMARTS) is 1. The number of nitrogens with zero attached hydrogens (tertiary/aromatic N) is 1. The number of rotatable bonds is 2. The van der Waals surface area contributed by atoms with Gasteiger partial charge in [-0.25, -0.2) is 4.79 Å². The van der Waals surface area contributed by atoms with Gasteiger partial charge in [0.15, 0.2) is 0 Å². The van der Waals surface area contributed by atoms with Crippen molar-refractivity contribution >= 4 is 92.1 Å². The fourth-order valence-corrected chi connectivity index (χ4v) is 12.0. The summed E-state index contributed by atoms with van der Waals surface area (Å²) >= 11 is 0. The number of likely N-dealkylation sites (N-methyl/N-ethyl adjacent to an activating group) is 1. The zero-order chi connectivity index (χ0) is 28.9. The van der Waals surface area contributed by atoms with Gasteiger partial charge in [-0.15, -0.1) is 0 Å². The van der Waals surface area contributed by atoms with E-state index >= 15 is 0 Å². The van der Waals surface area contributed by atoms with Gasteiger partial charge in [-0.05, 0) is 157 Å². The van der Waals surface area contributed by atoms with E-state index < -0.39 is 5.97 Å². The largest absolute Gasteiger partial charge is 0.478 e. The zero-order valence-corrected chi connectivity index (χ0v) is 24.4. The summed E-state index contributed by atoms with van der Waals surface area (Å²) in [5.41, 5.74) is 10.7. The van der Waals surface area contributed by atoms with E-state index in [0.717, 1.165) is 19.4 Å². The Morgan fingerprint density at radius 1 is 0.600 bits per heavy atom. The van der Waals surface area contributed by atoms with Crippen LogP contribution in [0.15, 0.2) is 60.7 Å². The Hall–Kier alpha value is -4.99. The van der Waals surface area contributed by atoms with E-state index in [-0.39, 0.29) is 6.04 Å². The van der Waals surface area contributed by atoms with Gasteiger partial charge in [0.1, 0.15) is 0 Å². The molecule has 1 aliphatic heterocycles. The highest BCUT2D eigenvalue weighted by Gasteiger charge is 2.48. The van der Waals surface area contributed by atoms with Crippen LogP contribution in [0.4, 0.5) is 0 Å². The molecule has 0 amide bonds. The smallest absolute Gasteiger partial charge is 0.335 e. The summed E-state index contributed by atoms with van der Waals surface area (Å²) in [7, 11) is 2.28. The van der Waals surface area contributed by atoms with E-state index in [1.807, 2.05) is 0 Å². The van der Waals surface area contributed by atoms with Crippen molar-refractivity contribution in [3.05, 3.63) is 105 Å². The second kappa shape index (κ2) is 6.24. The molecule has 45 heavy (non-hydrogen) atoms. The van der Waals surface area contributed by atoms with Gasteiger partial charge in [0.25, 0.3) is 0 Å². The standard InChI is InChI=1S/C42H23NO2/c1-43-14-25-23-12-21-10-19-8-17-6-7-18-9-20-11-22-13-24(32(25)41(43)15-2-4-16(5-3-15)42(44)45)34-33(23)37-30(21)28(19)35-26(17)27(18)36-29(20)31(22)38(34)40(37)39(35)36/h2-9,12-13,25,32,41H,10-11,14H2,1H3,(H,44,45). The van der Waals surface area contributed by atoms with Gasteiger partial charge < -0.3 is 5.11 Å². The number of carboxylic acids is 1. The molecule has 3 nitrogen and oxygen atoms in total. The van der Waals surface area contributed by atoms with E-state index in [0.29, 0.717) is 17.4 Å². The predicted octanol–water partition coefficient (Wildman–Crippen LogP) is 9.48. The van der Waals surface area contributed by atoms with Crippen LogP contribution in [0.3, 0.4) is 0 Å². The Kier molecular flexibility index (Phi) is 3.01. The highest BCUT2D eigenvalue weighted by atomic mass is 16.4. The van der Waals surface area contributed by atoms with Crippen molar-refractivity contribution in [3.63, 3.8) is 0 Å². The van der Waals surface area contributed by atoms with Crippen molar-refractivity contribution in [3.8, 4) is 0 Å². The first-order valence-corrected chi connectivity index (χ1v) is 16.3. The van der Waals surface area contributed by atoms with Crippen molar-refractivity contribution in [2.45, 2.75) is 30.7 Å². The Balaban J connectivity index is 1.24. The summed E-state index contributed by atoms with van der Waals surface area (Å²) in [4.78, 5) is 14.3. The van der Waals surface area contributed by atoms with Crippen molar-refractivity contribution in [1.29, 1.82) is 0 Å². The van der Waals surface area contributed by atoms with Crippen LogP contribution >= 0.6 is 0 Å². The van der Waals surface area contributed by atoms with Crippen LogP contribution in [-0.4, -0.2) is 29.6 Å². The lowest BCUT2D eigenvalue weighted by atomic mass is 9.71. The molecular formula is C42H23NO2. The number of carbonyl (C=O) groups is 1. The maximum absolute atomic E-state index is 11.7. The number of likely N-dealkylation sites (tertiary alicyclic amines) is 1. The molecule has 3 aliphatic carbocycles. The lowest BCUT2D eigenvalue weighted by Gasteiger charge is -2.32. The molecule has 3 atom stereocenters. The van der Waals surface area contributed by atoms with Gasteiger partial charge in [0.05, 0.1) is 5.56 Å². The normalized spacial score (nSPS) is 21.9. The number of fused-ring (bicyclic) bond motifs is 3. The summed E-state index contributed by atoms with van der Waals surface area (Å²) in [5.74, 6) is -0.139. The van der Waals surface area contributed by atoms with Crippen LogP contribution < -0.4 is 0 Å². The molecule has 208 valence electrons. The third-order valence-electron chi connectivity index (χ3n) is 13.2. The SMILES string of the molecule is CN1CC2c3cc4c5c6c(cc7ccc8cc9c%10c%11c(cc(c%12c3c5c(c%12%11)c3c6c7c8c%103)C2C1c1ccc(C(=O)O)cc1)C9)C4. The van der Waals surface area contributed by atoms with Crippen molar-refractivity contribution in [2.24, 2.45) is 0 Å². The van der Waals surface area contributed by atoms with Crippen LogP contribution in [0.25, 0.3) is 86.2 Å². The van der Waals surface area contributed by atoms with Gasteiger partial charge in [-0.3, -0.25) is 4.90 Å². The van der Waals surface area contributed by atoms with Gasteiger partial charge in [-0.1, -0.05) is 48.5 Å². The molecule has 0 saturated carbocycles.